The van der Waals surface area contributed by atoms with Crippen molar-refractivity contribution in [1.82, 2.24) is 4.98 Å². The van der Waals surface area contributed by atoms with Crippen LogP contribution in [0.15, 0.2) is 23.6 Å². The fourth-order valence-corrected chi connectivity index (χ4v) is 2.65. The second-order valence-electron chi connectivity index (χ2n) is 4.08. The highest BCUT2D eigenvalue weighted by molar-refractivity contribution is 7.09. The predicted molar refractivity (Wildman–Crippen MR) is 78.0 cm³/mol. The molecule has 2 aromatic rings. The normalized spacial score (nSPS) is 10.5. The monoisotopic (exact) mass is 278 g/mol. The maximum atomic E-state index is 5.51. The lowest BCUT2D eigenvalue weighted by Crippen LogP contribution is -2.00. The summed E-state index contributed by atoms with van der Waals surface area (Å²) in [4.78, 5) is 4.62. The molecule has 1 aromatic carbocycles. The Balaban J connectivity index is 2.27. The molecule has 2 rings (SSSR count). The first kappa shape index (κ1) is 13.8. The second kappa shape index (κ2) is 6.54. The van der Waals surface area contributed by atoms with E-state index in [1.807, 2.05) is 18.2 Å². The minimum absolute atomic E-state index is 0.695. The number of rotatable bonds is 6. The molecule has 4 nitrogen and oxygen atoms in total. The molecule has 0 aliphatic heterocycles. The van der Waals surface area contributed by atoms with Gasteiger partial charge in [0.05, 0.1) is 24.9 Å². The van der Waals surface area contributed by atoms with Gasteiger partial charge in [-0.05, 0) is 25.1 Å². The summed E-state index contributed by atoms with van der Waals surface area (Å²) in [6.45, 7) is 0.695. The van der Waals surface area contributed by atoms with Gasteiger partial charge in [0.2, 0.25) is 0 Å². The van der Waals surface area contributed by atoms with Crippen molar-refractivity contribution in [3.05, 3.63) is 28.6 Å². The van der Waals surface area contributed by atoms with E-state index < -0.39 is 0 Å². The van der Waals surface area contributed by atoms with E-state index in [1.54, 1.807) is 25.6 Å². The topological polar surface area (TPSA) is 57.4 Å². The van der Waals surface area contributed by atoms with Crippen molar-refractivity contribution >= 4 is 11.3 Å². The van der Waals surface area contributed by atoms with E-state index in [9.17, 15) is 0 Å². The summed E-state index contributed by atoms with van der Waals surface area (Å²) >= 11 is 1.66. The van der Waals surface area contributed by atoms with E-state index in [0.29, 0.717) is 6.54 Å². The molecule has 1 heterocycles. The molecule has 0 aliphatic rings. The standard InChI is InChI=1S/C14H18N2O2S/c1-17-10-5-6-11(13(8-10)18-2)12-9-19-14(16-12)4-3-7-15/h5-6,8-9H,3-4,7,15H2,1-2H3. The minimum Gasteiger partial charge on any atom is -0.497 e. The molecule has 0 saturated heterocycles. The van der Waals surface area contributed by atoms with E-state index in [4.69, 9.17) is 15.2 Å². The van der Waals surface area contributed by atoms with E-state index in [0.717, 1.165) is 40.6 Å². The Bertz CT molecular complexity index is 540. The van der Waals surface area contributed by atoms with Crippen LogP contribution in [0.3, 0.4) is 0 Å². The molecule has 0 amide bonds. The summed E-state index contributed by atoms with van der Waals surface area (Å²) in [6, 6.07) is 5.75. The highest BCUT2D eigenvalue weighted by atomic mass is 32.1. The molecule has 0 bridgehead atoms. The Hall–Kier alpha value is -1.59. The average molecular weight is 278 g/mol. The summed E-state index contributed by atoms with van der Waals surface area (Å²) in [5.41, 5.74) is 7.44. The van der Waals surface area contributed by atoms with Crippen LogP contribution in [0.25, 0.3) is 11.3 Å². The fraction of sp³-hybridized carbons (Fsp3) is 0.357. The van der Waals surface area contributed by atoms with Crippen molar-refractivity contribution in [2.45, 2.75) is 12.8 Å². The van der Waals surface area contributed by atoms with Gasteiger partial charge in [0, 0.05) is 23.4 Å². The van der Waals surface area contributed by atoms with Gasteiger partial charge in [-0.15, -0.1) is 11.3 Å². The van der Waals surface area contributed by atoms with Crippen LogP contribution in [-0.2, 0) is 6.42 Å². The number of aryl methyl sites for hydroxylation is 1. The third kappa shape index (κ3) is 3.24. The Morgan fingerprint density at radius 1 is 1.26 bits per heavy atom. The molecule has 0 aliphatic carbocycles. The van der Waals surface area contributed by atoms with E-state index in [2.05, 4.69) is 10.4 Å². The van der Waals surface area contributed by atoms with Crippen LogP contribution in [0.4, 0.5) is 0 Å². The molecule has 102 valence electrons. The lowest BCUT2D eigenvalue weighted by Gasteiger charge is -2.08. The zero-order chi connectivity index (χ0) is 13.7. The number of thiazole rings is 1. The number of ether oxygens (including phenoxy) is 2. The van der Waals surface area contributed by atoms with Crippen molar-refractivity contribution in [1.29, 1.82) is 0 Å². The van der Waals surface area contributed by atoms with Crippen LogP contribution in [0.1, 0.15) is 11.4 Å². The molecule has 0 atom stereocenters. The lowest BCUT2D eigenvalue weighted by atomic mass is 10.1. The maximum Gasteiger partial charge on any atom is 0.131 e. The molecule has 0 radical (unpaired) electrons. The zero-order valence-electron chi connectivity index (χ0n) is 11.2. The van der Waals surface area contributed by atoms with Crippen LogP contribution in [0, 0.1) is 0 Å². The first-order valence-corrected chi connectivity index (χ1v) is 7.03. The molecular formula is C14H18N2O2S. The minimum atomic E-state index is 0.695. The van der Waals surface area contributed by atoms with E-state index >= 15 is 0 Å². The van der Waals surface area contributed by atoms with E-state index in [1.165, 1.54) is 0 Å². The lowest BCUT2D eigenvalue weighted by molar-refractivity contribution is 0.395. The molecule has 19 heavy (non-hydrogen) atoms. The summed E-state index contributed by atoms with van der Waals surface area (Å²) in [6.07, 6.45) is 1.90. The average Bonchev–Trinajstić information content (AvgIpc) is 2.92. The van der Waals surface area contributed by atoms with Gasteiger partial charge < -0.3 is 15.2 Å². The molecule has 0 spiro atoms. The summed E-state index contributed by atoms with van der Waals surface area (Å²) < 4.78 is 10.6. The molecule has 0 fully saturated rings. The van der Waals surface area contributed by atoms with Gasteiger partial charge in [0.1, 0.15) is 11.5 Å². The van der Waals surface area contributed by atoms with Crippen molar-refractivity contribution in [3.8, 4) is 22.8 Å². The molecule has 1 aromatic heterocycles. The van der Waals surface area contributed by atoms with Crippen LogP contribution in [-0.4, -0.2) is 25.7 Å². The van der Waals surface area contributed by atoms with Crippen molar-refractivity contribution in [3.63, 3.8) is 0 Å². The van der Waals surface area contributed by atoms with Crippen LogP contribution >= 0.6 is 11.3 Å². The number of benzene rings is 1. The van der Waals surface area contributed by atoms with Crippen molar-refractivity contribution in [2.24, 2.45) is 5.73 Å². The number of aromatic nitrogens is 1. The molecule has 0 saturated carbocycles. The van der Waals surface area contributed by atoms with Gasteiger partial charge in [-0.2, -0.15) is 0 Å². The van der Waals surface area contributed by atoms with E-state index in [-0.39, 0.29) is 0 Å². The number of methoxy groups -OCH3 is 2. The van der Waals surface area contributed by atoms with Crippen LogP contribution < -0.4 is 15.2 Å². The number of nitrogens with zero attached hydrogens (tertiary/aromatic N) is 1. The highest BCUT2D eigenvalue weighted by Gasteiger charge is 2.11. The summed E-state index contributed by atoms with van der Waals surface area (Å²) in [5.74, 6) is 1.55. The molecule has 5 heteroatoms. The smallest absolute Gasteiger partial charge is 0.131 e. The molecule has 0 unspecified atom stereocenters. The van der Waals surface area contributed by atoms with Gasteiger partial charge in [-0.3, -0.25) is 0 Å². The molecule has 2 N–H and O–H groups in total. The van der Waals surface area contributed by atoms with Gasteiger partial charge in [-0.25, -0.2) is 4.98 Å². The summed E-state index contributed by atoms with van der Waals surface area (Å²) in [7, 11) is 3.29. The van der Waals surface area contributed by atoms with Gasteiger partial charge in [0.25, 0.3) is 0 Å². The molecular weight excluding hydrogens is 260 g/mol. The first-order valence-electron chi connectivity index (χ1n) is 6.15. The summed E-state index contributed by atoms with van der Waals surface area (Å²) in [5, 5.41) is 3.16. The largest absolute Gasteiger partial charge is 0.497 e. The van der Waals surface area contributed by atoms with Crippen LogP contribution in [0.5, 0.6) is 11.5 Å². The first-order chi connectivity index (χ1) is 9.28. The van der Waals surface area contributed by atoms with Crippen LogP contribution in [0.2, 0.25) is 0 Å². The van der Waals surface area contributed by atoms with Crippen molar-refractivity contribution < 1.29 is 9.47 Å². The predicted octanol–water partition coefficient (Wildman–Crippen LogP) is 2.72. The Morgan fingerprint density at radius 3 is 2.79 bits per heavy atom. The third-order valence-electron chi connectivity index (χ3n) is 2.83. The second-order valence-corrected chi connectivity index (χ2v) is 5.03. The van der Waals surface area contributed by atoms with Crippen molar-refractivity contribution in [2.75, 3.05) is 20.8 Å². The fourth-order valence-electron chi connectivity index (χ4n) is 1.81. The third-order valence-corrected chi connectivity index (χ3v) is 3.74. The SMILES string of the molecule is COc1ccc(-c2csc(CCCN)n2)c(OC)c1. The Labute approximate surface area is 117 Å². The van der Waals surface area contributed by atoms with Gasteiger partial charge in [0.15, 0.2) is 0 Å². The quantitative estimate of drug-likeness (QED) is 0.882. The van der Waals surface area contributed by atoms with Gasteiger partial charge in [-0.1, -0.05) is 0 Å². The van der Waals surface area contributed by atoms with Gasteiger partial charge >= 0.3 is 0 Å². The number of nitrogens with two attached hydrogens (primary N) is 1. The Morgan fingerprint density at radius 2 is 2.11 bits per heavy atom. The highest BCUT2D eigenvalue weighted by Crippen LogP contribution is 2.33. The number of hydrogen-bond donors (Lipinski definition) is 1. The maximum absolute atomic E-state index is 5.51. The zero-order valence-corrected chi connectivity index (χ0v) is 12.0. The Kier molecular flexibility index (Phi) is 4.76. The number of hydrogen-bond acceptors (Lipinski definition) is 5.